The number of carbonyl (C=O) groups excluding carboxylic acids is 1. The number of carboxylic acid groups (broad SMARTS) is 1. The maximum atomic E-state index is 12.2. The van der Waals surface area contributed by atoms with Gasteiger partial charge in [-0.3, -0.25) is 9.59 Å². The zero-order chi connectivity index (χ0) is 15.7. The Morgan fingerprint density at radius 3 is 2.62 bits per heavy atom. The lowest BCUT2D eigenvalue weighted by Crippen LogP contribution is -2.41. The van der Waals surface area contributed by atoms with Crippen LogP contribution in [0.3, 0.4) is 0 Å². The van der Waals surface area contributed by atoms with Gasteiger partial charge in [-0.2, -0.15) is 0 Å². The first-order valence-electron chi connectivity index (χ1n) is 8.54. The van der Waals surface area contributed by atoms with Gasteiger partial charge in [0.2, 0.25) is 5.91 Å². The van der Waals surface area contributed by atoms with Crippen molar-refractivity contribution in [2.24, 2.45) is 11.8 Å². The summed E-state index contributed by atoms with van der Waals surface area (Å²) in [6.45, 7) is 5.79. The molecular formula is C17H31NO3. The zero-order valence-corrected chi connectivity index (χ0v) is 13.6. The van der Waals surface area contributed by atoms with E-state index in [0.717, 1.165) is 38.8 Å². The molecule has 0 aromatic carbocycles. The minimum Gasteiger partial charge on any atom is -0.481 e. The second-order valence-corrected chi connectivity index (χ2v) is 6.48. The molecule has 2 unspecified atom stereocenters. The highest BCUT2D eigenvalue weighted by Crippen LogP contribution is 2.26. The molecule has 0 saturated carbocycles. The van der Waals surface area contributed by atoms with E-state index in [1.807, 2.05) is 11.8 Å². The highest BCUT2D eigenvalue weighted by atomic mass is 16.4. The van der Waals surface area contributed by atoms with Crippen LogP contribution in [0.25, 0.3) is 0 Å². The van der Waals surface area contributed by atoms with E-state index in [0.29, 0.717) is 12.3 Å². The molecule has 0 aromatic rings. The Hall–Kier alpha value is -1.06. The summed E-state index contributed by atoms with van der Waals surface area (Å²) >= 11 is 0. The fourth-order valence-corrected chi connectivity index (χ4v) is 3.18. The summed E-state index contributed by atoms with van der Waals surface area (Å²) in [5.41, 5.74) is 0. The van der Waals surface area contributed by atoms with Crippen molar-refractivity contribution in [3.63, 3.8) is 0 Å². The molecule has 4 heteroatoms. The van der Waals surface area contributed by atoms with Crippen LogP contribution in [0.1, 0.15) is 71.6 Å². The molecule has 0 spiro atoms. The Balaban J connectivity index is 2.30. The SMILES string of the molecule is CCCCCCCC(=O)N1CCCC(C(C)CC(=O)O)C1. The monoisotopic (exact) mass is 297 g/mol. The van der Waals surface area contributed by atoms with Gasteiger partial charge in [-0.1, -0.05) is 39.5 Å². The first-order valence-corrected chi connectivity index (χ1v) is 8.54. The van der Waals surface area contributed by atoms with E-state index in [1.54, 1.807) is 0 Å². The molecule has 21 heavy (non-hydrogen) atoms. The smallest absolute Gasteiger partial charge is 0.303 e. The van der Waals surface area contributed by atoms with Gasteiger partial charge in [-0.15, -0.1) is 0 Å². The standard InChI is InChI=1S/C17H31NO3/c1-3-4-5-6-7-10-16(19)18-11-8-9-15(13-18)14(2)12-17(20)21/h14-15H,3-13H2,1-2H3,(H,20,21). The Kier molecular flexibility index (Phi) is 8.40. The molecule has 0 radical (unpaired) electrons. The van der Waals surface area contributed by atoms with Crippen molar-refractivity contribution < 1.29 is 14.7 Å². The minimum atomic E-state index is -0.734. The predicted octanol–water partition coefficient (Wildman–Crippen LogP) is 3.70. The van der Waals surface area contributed by atoms with Crippen LogP contribution in [0.2, 0.25) is 0 Å². The Morgan fingerprint density at radius 1 is 1.24 bits per heavy atom. The second-order valence-electron chi connectivity index (χ2n) is 6.48. The lowest BCUT2D eigenvalue weighted by atomic mass is 9.84. The summed E-state index contributed by atoms with van der Waals surface area (Å²) in [7, 11) is 0. The van der Waals surface area contributed by atoms with E-state index in [-0.39, 0.29) is 18.2 Å². The summed E-state index contributed by atoms with van der Waals surface area (Å²) < 4.78 is 0. The van der Waals surface area contributed by atoms with Crippen molar-refractivity contribution in [2.45, 2.75) is 71.6 Å². The Bertz CT molecular complexity index is 330. The fourth-order valence-electron chi connectivity index (χ4n) is 3.18. The van der Waals surface area contributed by atoms with E-state index in [9.17, 15) is 9.59 Å². The van der Waals surface area contributed by atoms with Crippen molar-refractivity contribution in [1.29, 1.82) is 0 Å². The number of hydrogen-bond donors (Lipinski definition) is 1. The Labute approximate surface area is 128 Å². The summed E-state index contributed by atoms with van der Waals surface area (Å²) in [5.74, 6) is 0.0298. The quantitative estimate of drug-likeness (QED) is 0.660. The second kappa shape index (κ2) is 9.80. The van der Waals surface area contributed by atoms with Crippen LogP contribution in [-0.2, 0) is 9.59 Å². The molecule has 1 N–H and O–H groups in total. The molecule has 1 saturated heterocycles. The van der Waals surface area contributed by atoms with Crippen LogP contribution in [0.4, 0.5) is 0 Å². The topological polar surface area (TPSA) is 57.6 Å². The number of carbonyl (C=O) groups is 2. The maximum absolute atomic E-state index is 12.2. The van der Waals surface area contributed by atoms with Crippen molar-refractivity contribution in [3.8, 4) is 0 Å². The van der Waals surface area contributed by atoms with Gasteiger partial charge in [0.05, 0.1) is 0 Å². The number of nitrogens with zero attached hydrogens (tertiary/aromatic N) is 1. The van der Waals surface area contributed by atoms with Crippen molar-refractivity contribution in [2.75, 3.05) is 13.1 Å². The van der Waals surface area contributed by atoms with E-state index in [4.69, 9.17) is 5.11 Å². The first kappa shape index (κ1) is 18.0. The molecule has 0 bridgehead atoms. The highest BCUT2D eigenvalue weighted by Gasteiger charge is 2.27. The van der Waals surface area contributed by atoms with Crippen LogP contribution in [0.15, 0.2) is 0 Å². The third-order valence-electron chi connectivity index (χ3n) is 4.61. The number of amides is 1. The normalized spacial score (nSPS) is 20.3. The lowest BCUT2D eigenvalue weighted by Gasteiger charge is -2.35. The van der Waals surface area contributed by atoms with Gasteiger partial charge in [0.1, 0.15) is 0 Å². The number of unbranched alkanes of at least 4 members (excludes halogenated alkanes) is 4. The number of rotatable bonds is 9. The molecule has 1 amide bonds. The van der Waals surface area contributed by atoms with E-state index >= 15 is 0 Å². The number of hydrogen-bond acceptors (Lipinski definition) is 2. The number of likely N-dealkylation sites (tertiary alicyclic amines) is 1. The molecular weight excluding hydrogens is 266 g/mol. The molecule has 0 aliphatic carbocycles. The molecule has 4 nitrogen and oxygen atoms in total. The number of aliphatic carboxylic acids is 1. The molecule has 1 aliphatic rings. The van der Waals surface area contributed by atoms with Crippen LogP contribution in [0, 0.1) is 11.8 Å². The lowest BCUT2D eigenvalue weighted by molar-refractivity contribution is -0.138. The Morgan fingerprint density at radius 2 is 1.95 bits per heavy atom. The van der Waals surface area contributed by atoms with Gasteiger partial charge in [0, 0.05) is 25.9 Å². The van der Waals surface area contributed by atoms with E-state index in [1.165, 1.54) is 19.3 Å². The summed E-state index contributed by atoms with van der Waals surface area (Å²) in [5, 5.41) is 8.90. The molecule has 0 aromatic heterocycles. The van der Waals surface area contributed by atoms with E-state index < -0.39 is 5.97 Å². The zero-order valence-electron chi connectivity index (χ0n) is 13.6. The fraction of sp³-hybridized carbons (Fsp3) is 0.882. The summed E-state index contributed by atoms with van der Waals surface area (Å²) in [6, 6.07) is 0. The molecule has 1 rings (SSSR count). The molecule has 1 heterocycles. The molecule has 1 fully saturated rings. The summed E-state index contributed by atoms with van der Waals surface area (Å²) in [6.07, 6.45) is 8.77. The largest absolute Gasteiger partial charge is 0.481 e. The van der Waals surface area contributed by atoms with Gasteiger partial charge < -0.3 is 10.0 Å². The number of piperidine rings is 1. The first-order chi connectivity index (χ1) is 10.0. The molecule has 122 valence electrons. The van der Waals surface area contributed by atoms with Crippen molar-refractivity contribution >= 4 is 11.9 Å². The van der Waals surface area contributed by atoms with Crippen molar-refractivity contribution in [3.05, 3.63) is 0 Å². The maximum Gasteiger partial charge on any atom is 0.303 e. The third-order valence-corrected chi connectivity index (χ3v) is 4.61. The van der Waals surface area contributed by atoms with Crippen LogP contribution < -0.4 is 0 Å². The van der Waals surface area contributed by atoms with Crippen LogP contribution in [-0.4, -0.2) is 35.0 Å². The van der Waals surface area contributed by atoms with Gasteiger partial charge in [-0.05, 0) is 31.1 Å². The van der Waals surface area contributed by atoms with Gasteiger partial charge in [0.25, 0.3) is 0 Å². The summed E-state index contributed by atoms with van der Waals surface area (Å²) in [4.78, 5) is 25.0. The highest BCUT2D eigenvalue weighted by molar-refractivity contribution is 5.76. The third kappa shape index (κ3) is 6.96. The molecule has 1 aliphatic heterocycles. The minimum absolute atomic E-state index is 0.155. The van der Waals surface area contributed by atoms with Crippen LogP contribution >= 0.6 is 0 Å². The van der Waals surface area contributed by atoms with Gasteiger partial charge in [-0.25, -0.2) is 0 Å². The van der Waals surface area contributed by atoms with Gasteiger partial charge >= 0.3 is 5.97 Å². The average molecular weight is 297 g/mol. The number of carboxylic acids is 1. The molecule has 2 atom stereocenters. The van der Waals surface area contributed by atoms with Crippen molar-refractivity contribution in [1.82, 2.24) is 4.90 Å². The van der Waals surface area contributed by atoms with E-state index in [2.05, 4.69) is 6.92 Å². The van der Waals surface area contributed by atoms with Gasteiger partial charge in [0.15, 0.2) is 0 Å². The average Bonchev–Trinajstić information content (AvgIpc) is 2.46. The predicted molar refractivity (Wildman–Crippen MR) is 84.1 cm³/mol. The van der Waals surface area contributed by atoms with Crippen LogP contribution in [0.5, 0.6) is 0 Å².